The van der Waals surface area contributed by atoms with Gasteiger partial charge < -0.3 is 9.84 Å². The van der Waals surface area contributed by atoms with Crippen molar-refractivity contribution in [2.45, 2.75) is 25.6 Å². The maximum absolute atomic E-state index is 9.77. The molecule has 1 aromatic heterocycles. The topological polar surface area (TPSA) is 66.3 Å². The van der Waals surface area contributed by atoms with Crippen LogP contribution in [-0.4, -0.2) is 51.1 Å². The standard InChI is InChI=1S/C15H19ClN4O2S/c1-22-13-5-4-10(16)7-12(13)14-17-15(23)20(18-14)9-19-6-2-3-11(21)8-19/h4-5,7,11,21H,2-3,6,8-9H2,1H3,(H,17,18,23)/t11-/m0/s1. The van der Waals surface area contributed by atoms with Crippen LogP contribution >= 0.6 is 23.8 Å². The molecule has 0 saturated carbocycles. The molecule has 0 aliphatic carbocycles. The molecule has 1 saturated heterocycles. The molecule has 0 bridgehead atoms. The van der Waals surface area contributed by atoms with Crippen LogP contribution in [0.2, 0.25) is 5.02 Å². The van der Waals surface area contributed by atoms with Gasteiger partial charge in [-0.1, -0.05) is 11.6 Å². The van der Waals surface area contributed by atoms with E-state index in [-0.39, 0.29) is 6.10 Å². The van der Waals surface area contributed by atoms with Gasteiger partial charge in [-0.3, -0.25) is 10.00 Å². The molecule has 2 aromatic rings. The zero-order valence-corrected chi connectivity index (χ0v) is 14.4. The third kappa shape index (κ3) is 3.74. The quantitative estimate of drug-likeness (QED) is 0.826. The van der Waals surface area contributed by atoms with E-state index in [1.54, 1.807) is 30.0 Å². The first-order valence-corrected chi connectivity index (χ1v) is 8.26. The molecule has 2 N–H and O–H groups in total. The minimum atomic E-state index is -0.270. The highest BCUT2D eigenvalue weighted by molar-refractivity contribution is 7.71. The van der Waals surface area contributed by atoms with E-state index in [1.807, 2.05) is 0 Å². The second kappa shape index (κ2) is 7.00. The molecule has 1 fully saturated rings. The molecule has 1 aliphatic rings. The van der Waals surface area contributed by atoms with Gasteiger partial charge in [-0.25, -0.2) is 4.68 Å². The summed E-state index contributed by atoms with van der Waals surface area (Å²) in [5.74, 6) is 1.30. The molecule has 1 atom stereocenters. The average molecular weight is 355 g/mol. The minimum absolute atomic E-state index is 0.270. The number of aromatic amines is 1. The number of halogens is 1. The summed E-state index contributed by atoms with van der Waals surface area (Å²) in [6.07, 6.45) is 1.57. The van der Waals surface area contributed by atoms with E-state index in [0.29, 0.717) is 34.6 Å². The zero-order valence-electron chi connectivity index (χ0n) is 12.8. The molecule has 124 valence electrons. The minimum Gasteiger partial charge on any atom is -0.496 e. The lowest BCUT2D eigenvalue weighted by Crippen LogP contribution is -2.39. The van der Waals surface area contributed by atoms with E-state index in [9.17, 15) is 5.11 Å². The van der Waals surface area contributed by atoms with E-state index in [0.717, 1.165) is 24.9 Å². The first-order chi connectivity index (χ1) is 11.1. The molecular formula is C15H19ClN4O2S. The van der Waals surface area contributed by atoms with Crippen molar-refractivity contribution in [2.24, 2.45) is 0 Å². The summed E-state index contributed by atoms with van der Waals surface area (Å²) in [4.78, 5) is 6.56. The van der Waals surface area contributed by atoms with Crippen molar-refractivity contribution in [3.8, 4) is 17.1 Å². The van der Waals surface area contributed by atoms with Crippen LogP contribution in [0.4, 0.5) is 0 Å². The molecule has 0 spiro atoms. The highest BCUT2D eigenvalue weighted by Crippen LogP contribution is 2.30. The van der Waals surface area contributed by atoms with Crippen molar-refractivity contribution < 1.29 is 9.84 Å². The number of aliphatic hydroxyl groups excluding tert-OH is 1. The Morgan fingerprint density at radius 1 is 1.52 bits per heavy atom. The SMILES string of the molecule is COc1ccc(Cl)cc1-c1nc(=S)n(CN2CCC[C@H](O)C2)[nH]1. The van der Waals surface area contributed by atoms with Crippen molar-refractivity contribution in [3.63, 3.8) is 0 Å². The van der Waals surface area contributed by atoms with Crippen LogP contribution in [0.25, 0.3) is 11.4 Å². The second-order valence-electron chi connectivity index (χ2n) is 5.64. The fourth-order valence-electron chi connectivity index (χ4n) is 2.80. The third-order valence-electron chi connectivity index (χ3n) is 3.92. The van der Waals surface area contributed by atoms with Gasteiger partial charge in [0.2, 0.25) is 4.77 Å². The Morgan fingerprint density at radius 2 is 2.35 bits per heavy atom. The van der Waals surface area contributed by atoms with Gasteiger partial charge in [0.05, 0.1) is 25.4 Å². The molecule has 8 heteroatoms. The van der Waals surface area contributed by atoms with Gasteiger partial charge in [-0.2, -0.15) is 4.98 Å². The molecule has 1 aromatic carbocycles. The van der Waals surface area contributed by atoms with Crippen molar-refractivity contribution in [2.75, 3.05) is 20.2 Å². The Labute approximate surface area is 144 Å². The third-order valence-corrected chi connectivity index (χ3v) is 4.46. The number of aliphatic hydroxyl groups is 1. The van der Waals surface area contributed by atoms with Crippen molar-refractivity contribution >= 4 is 23.8 Å². The molecule has 2 heterocycles. The summed E-state index contributed by atoms with van der Waals surface area (Å²) in [5, 5.41) is 13.6. The van der Waals surface area contributed by atoms with Crippen LogP contribution in [0.5, 0.6) is 5.75 Å². The van der Waals surface area contributed by atoms with E-state index < -0.39 is 0 Å². The predicted molar refractivity (Wildman–Crippen MR) is 91.2 cm³/mol. The van der Waals surface area contributed by atoms with Gasteiger partial charge in [0.25, 0.3) is 0 Å². The lowest BCUT2D eigenvalue weighted by Gasteiger charge is -2.29. The summed E-state index contributed by atoms with van der Waals surface area (Å²) in [6, 6.07) is 5.36. The molecule has 0 unspecified atom stereocenters. The fourth-order valence-corrected chi connectivity index (χ4v) is 3.16. The number of nitrogens with zero attached hydrogens (tertiary/aromatic N) is 3. The summed E-state index contributed by atoms with van der Waals surface area (Å²) in [6.45, 7) is 2.16. The molecular weight excluding hydrogens is 336 g/mol. The number of likely N-dealkylation sites (tertiary alicyclic amines) is 1. The Balaban J connectivity index is 1.86. The van der Waals surface area contributed by atoms with Crippen LogP contribution in [0.3, 0.4) is 0 Å². The second-order valence-corrected chi connectivity index (χ2v) is 6.44. The van der Waals surface area contributed by atoms with Gasteiger partial charge in [0, 0.05) is 18.1 Å². The molecule has 1 aliphatic heterocycles. The van der Waals surface area contributed by atoms with E-state index in [2.05, 4.69) is 15.0 Å². The summed E-state index contributed by atoms with van der Waals surface area (Å²) in [7, 11) is 1.60. The van der Waals surface area contributed by atoms with Gasteiger partial charge in [-0.15, -0.1) is 0 Å². The number of hydrogen-bond acceptors (Lipinski definition) is 5. The Hall–Kier alpha value is -1.41. The van der Waals surface area contributed by atoms with E-state index >= 15 is 0 Å². The molecule has 6 nitrogen and oxygen atoms in total. The van der Waals surface area contributed by atoms with Gasteiger partial charge >= 0.3 is 0 Å². The lowest BCUT2D eigenvalue weighted by atomic mass is 10.1. The van der Waals surface area contributed by atoms with Gasteiger partial charge in [-0.05, 0) is 43.3 Å². The van der Waals surface area contributed by atoms with E-state index in [4.69, 9.17) is 28.6 Å². The average Bonchev–Trinajstić information content (AvgIpc) is 2.88. The summed E-state index contributed by atoms with van der Waals surface area (Å²) in [5.41, 5.74) is 0.767. The van der Waals surface area contributed by atoms with E-state index in [1.165, 1.54) is 0 Å². The normalized spacial score (nSPS) is 19.0. The van der Waals surface area contributed by atoms with Crippen LogP contribution in [-0.2, 0) is 6.67 Å². The number of benzene rings is 1. The van der Waals surface area contributed by atoms with Crippen molar-refractivity contribution in [1.82, 2.24) is 19.7 Å². The number of β-amino-alcohol motifs (C(OH)–C–C–N with tert-alkyl or cyclic N) is 1. The molecule has 3 rings (SSSR count). The number of ether oxygens (including phenoxy) is 1. The lowest BCUT2D eigenvalue weighted by molar-refractivity contribution is 0.0514. The molecule has 23 heavy (non-hydrogen) atoms. The predicted octanol–water partition coefficient (Wildman–Crippen LogP) is 2.68. The Bertz CT molecular complexity index is 745. The fraction of sp³-hybridized carbons (Fsp3) is 0.467. The number of H-pyrrole nitrogens is 1. The monoisotopic (exact) mass is 354 g/mol. The molecule has 0 radical (unpaired) electrons. The number of hydrogen-bond donors (Lipinski definition) is 2. The largest absolute Gasteiger partial charge is 0.496 e. The summed E-state index contributed by atoms with van der Waals surface area (Å²) < 4.78 is 7.62. The zero-order chi connectivity index (χ0) is 16.4. The number of methoxy groups -OCH3 is 1. The van der Waals surface area contributed by atoms with Gasteiger partial charge in [0.1, 0.15) is 5.75 Å². The number of piperidine rings is 1. The van der Waals surface area contributed by atoms with Crippen LogP contribution in [0.15, 0.2) is 18.2 Å². The van der Waals surface area contributed by atoms with Crippen molar-refractivity contribution in [1.29, 1.82) is 0 Å². The maximum atomic E-state index is 9.77. The van der Waals surface area contributed by atoms with Gasteiger partial charge in [0.15, 0.2) is 5.82 Å². The first-order valence-electron chi connectivity index (χ1n) is 7.48. The van der Waals surface area contributed by atoms with Crippen molar-refractivity contribution in [3.05, 3.63) is 28.0 Å². The number of rotatable bonds is 4. The number of aromatic nitrogens is 3. The summed E-state index contributed by atoms with van der Waals surface area (Å²) >= 11 is 11.4. The van der Waals surface area contributed by atoms with Crippen LogP contribution in [0.1, 0.15) is 12.8 Å². The smallest absolute Gasteiger partial charge is 0.217 e. The number of nitrogens with one attached hydrogen (secondary N) is 1. The highest BCUT2D eigenvalue weighted by Gasteiger charge is 2.19. The maximum Gasteiger partial charge on any atom is 0.217 e. The first kappa shape index (κ1) is 16.4. The van der Waals surface area contributed by atoms with Crippen LogP contribution in [0, 0.1) is 4.77 Å². The highest BCUT2D eigenvalue weighted by atomic mass is 35.5. The van der Waals surface area contributed by atoms with Crippen LogP contribution < -0.4 is 4.74 Å². The Kier molecular flexibility index (Phi) is 5.01. The molecule has 0 amide bonds. The Morgan fingerprint density at radius 3 is 3.09 bits per heavy atom.